The van der Waals surface area contributed by atoms with E-state index in [0.29, 0.717) is 16.1 Å². The molecule has 0 unspecified atom stereocenters. The summed E-state index contributed by atoms with van der Waals surface area (Å²) in [7, 11) is 0. The molecule has 0 aliphatic rings. The first-order valence-electron chi connectivity index (χ1n) is 5.78. The van der Waals surface area contributed by atoms with E-state index < -0.39 is 13.0 Å². The maximum atomic E-state index is 12.0. The van der Waals surface area contributed by atoms with Gasteiger partial charge in [-0.2, -0.15) is 9.97 Å². The molecular formula is C11H12ClF2N7. The number of hydrogen-bond acceptors (Lipinski definition) is 6. The standard InChI is InChI=1S/C11H12ClF2N7/c12-6-3-18-10-8(6)9(16)20-11(21-10)19-5(1-15)2-17-4-7(13)14/h1-3,7H,4,15H2,(H4,16,18,19,20,21). The Morgan fingerprint density at radius 3 is 2.95 bits per heavy atom. The van der Waals surface area contributed by atoms with Crippen LogP contribution in [0.5, 0.6) is 0 Å². The lowest BCUT2D eigenvalue weighted by atomic mass is 10.4. The lowest BCUT2D eigenvalue weighted by Gasteiger charge is -2.06. The number of nitrogen functional groups attached to an aromatic ring is 1. The Morgan fingerprint density at radius 2 is 2.29 bits per heavy atom. The van der Waals surface area contributed by atoms with Crippen LogP contribution in [0.3, 0.4) is 0 Å². The van der Waals surface area contributed by atoms with Crippen LogP contribution >= 0.6 is 11.6 Å². The number of hydrogen-bond donors (Lipinski definition) is 4. The first-order valence-corrected chi connectivity index (χ1v) is 6.16. The molecule has 6 N–H and O–H groups in total. The molecule has 0 amide bonds. The maximum Gasteiger partial charge on any atom is 0.257 e. The summed E-state index contributed by atoms with van der Waals surface area (Å²) in [6, 6.07) is 0. The molecule has 0 radical (unpaired) electrons. The predicted molar refractivity (Wildman–Crippen MR) is 78.6 cm³/mol. The van der Waals surface area contributed by atoms with Gasteiger partial charge in [0.25, 0.3) is 6.43 Å². The van der Waals surface area contributed by atoms with E-state index >= 15 is 0 Å². The molecule has 0 aromatic carbocycles. The van der Waals surface area contributed by atoms with Crippen LogP contribution in [0.15, 0.2) is 23.1 Å². The highest BCUT2D eigenvalue weighted by molar-refractivity contribution is 6.36. The van der Waals surface area contributed by atoms with E-state index in [1.807, 2.05) is 0 Å². The Morgan fingerprint density at radius 1 is 1.52 bits per heavy atom. The summed E-state index contributed by atoms with van der Waals surface area (Å²) < 4.78 is 24.0. The zero-order valence-corrected chi connectivity index (χ0v) is 11.4. The summed E-state index contributed by atoms with van der Waals surface area (Å²) in [5, 5.41) is 3.63. The van der Waals surface area contributed by atoms with Gasteiger partial charge in [-0.25, -0.2) is 8.78 Å². The van der Waals surface area contributed by atoms with Crippen LogP contribution < -0.4 is 16.8 Å². The van der Waals surface area contributed by atoms with Gasteiger partial charge < -0.3 is 21.8 Å². The van der Waals surface area contributed by atoms with Crippen molar-refractivity contribution in [3.63, 3.8) is 0 Å². The van der Waals surface area contributed by atoms with Crippen LogP contribution in [0.2, 0.25) is 5.02 Å². The van der Waals surface area contributed by atoms with Crippen molar-refractivity contribution >= 4 is 40.6 Å². The highest BCUT2D eigenvalue weighted by Gasteiger charge is 2.10. The second-order valence-corrected chi connectivity index (χ2v) is 4.33. The van der Waals surface area contributed by atoms with Crippen LogP contribution in [-0.4, -0.2) is 34.1 Å². The van der Waals surface area contributed by atoms with Crippen LogP contribution in [0.4, 0.5) is 20.5 Å². The number of nitrogens with zero attached hydrogens (tertiary/aromatic N) is 3. The molecule has 7 nitrogen and oxygen atoms in total. The Bertz CT molecular complexity index is 695. The van der Waals surface area contributed by atoms with Crippen molar-refractivity contribution in [2.75, 3.05) is 17.6 Å². The summed E-state index contributed by atoms with van der Waals surface area (Å²) in [5.41, 5.74) is 11.9. The number of aromatic amines is 1. The smallest absolute Gasteiger partial charge is 0.257 e. The topological polar surface area (TPSA) is 118 Å². The molecule has 0 atom stereocenters. The average molecular weight is 316 g/mol. The second kappa shape index (κ2) is 6.35. The monoisotopic (exact) mass is 315 g/mol. The Balaban J connectivity index is 2.20. The van der Waals surface area contributed by atoms with E-state index in [1.165, 1.54) is 6.20 Å². The number of H-pyrrole nitrogens is 1. The Labute approximate surface area is 123 Å². The van der Waals surface area contributed by atoms with Gasteiger partial charge in [0.2, 0.25) is 5.95 Å². The third kappa shape index (κ3) is 3.57. The van der Waals surface area contributed by atoms with Crippen LogP contribution in [0.25, 0.3) is 11.0 Å². The zero-order valence-electron chi connectivity index (χ0n) is 10.6. The van der Waals surface area contributed by atoms with Crippen molar-refractivity contribution in [1.29, 1.82) is 0 Å². The molecule has 0 fully saturated rings. The average Bonchev–Trinajstić information content (AvgIpc) is 2.79. The molecule has 10 heteroatoms. The molecule has 0 aliphatic heterocycles. The number of rotatable bonds is 5. The molecule has 21 heavy (non-hydrogen) atoms. The summed E-state index contributed by atoms with van der Waals surface area (Å²) >= 11 is 5.93. The van der Waals surface area contributed by atoms with Crippen molar-refractivity contribution in [3.8, 4) is 0 Å². The number of anilines is 2. The quantitative estimate of drug-likeness (QED) is 0.627. The zero-order chi connectivity index (χ0) is 15.4. The Kier molecular flexibility index (Phi) is 4.53. The fourth-order valence-corrected chi connectivity index (χ4v) is 1.80. The number of nitrogens with one attached hydrogen (secondary N) is 2. The van der Waals surface area contributed by atoms with Gasteiger partial charge in [0, 0.05) is 18.6 Å². The maximum absolute atomic E-state index is 12.0. The van der Waals surface area contributed by atoms with E-state index in [-0.39, 0.29) is 17.5 Å². The van der Waals surface area contributed by atoms with Gasteiger partial charge in [-0.15, -0.1) is 0 Å². The molecule has 2 rings (SSSR count). The second-order valence-electron chi connectivity index (χ2n) is 3.93. The number of nitrogens with two attached hydrogens (primary N) is 2. The lowest BCUT2D eigenvalue weighted by molar-refractivity contribution is 0.159. The molecule has 2 heterocycles. The third-order valence-corrected chi connectivity index (χ3v) is 2.72. The lowest BCUT2D eigenvalue weighted by Crippen LogP contribution is -2.09. The number of aromatic nitrogens is 3. The fraction of sp³-hybridized carbons (Fsp3) is 0.182. The highest BCUT2D eigenvalue weighted by atomic mass is 35.5. The van der Waals surface area contributed by atoms with E-state index in [2.05, 4.69) is 25.3 Å². The van der Waals surface area contributed by atoms with Gasteiger partial charge in [0.15, 0.2) is 0 Å². The van der Waals surface area contributed by atoms with Crippen molar-refractivity contribution < 1.29 is 8.78 Å². The molecule has 2 aromatic rings. The van der Waals surface area contributed by atoms with Crippen molar-refractivity contribution in [1.82, 2.24) is 15.0 Å². The van der Waals surface area contributed by atoms with Gasteiger partial charge >= 0.3 is 0 Å². The minimum Gasteiger partial charge on any atom is -0.403 e. The molecule has 2 aromatic heterocycles. The minimum atomic E-state index is -2.52. The van der Waals surface area contributed by atoms with Crippen LogP contribution in [-0.2, 0) is 0 Å². The summed E-state index contributed by atoms with van der Waals surface area (Å²) in [5.74, 6) is 0.313. The van der Waals surface area contributed by atoms with Crippen molar-refractivity contribution in [2.45, 2.75) is 6.43 Å². The first kappa shape index (κ1) is 15.0. The van der Waals surface area contributed by atoms with E-state index in [9.17, 15) is 8.78 Å². The minimum absolute atomic E-state index is 0.138. The number of aliphatic imine (C=N–C) groups is 1. The summed E-state index contributed by atoms with van der Waals surface area (Å²) in [6.07, 6.45) is 1.33. The molecule has 0 bridgehead atoms. The van der Waals surface area contributed by atoms with Crippen LogP contribution in [0.1, 0.15) is 0 Å². The number of alkyl halides is 2. The molecular weight excluding hydrogens is 304 g/mol. The fourth-order valence-electron chi connectivity index (χ4n) is 1.55. The van der Waals surface area contributed by atoms with Gasteiger partial charge in [-0.05, 0) is 0 Å². The predicted octanol–water partition coefficient (Wildman–Crippen LogP) is 1.74. The number of halogens is 3. The SMILES string of the molecule is NC=C(C=NCC(F)F)Nc1nc(N)c2c(Cl)c[nH]c2n1. The van der Waals surface area contributed by atoms with Gasteiger partial charge in [-0.1, -0.05) is 11.6 Å². The molecule has 0 spiro atoms. The Hall–Kier alpha value is -2.42. The number of fused-ring (bicyclic) bond motifs is 1. The highest BCUT2D eigenvalue weighted by Crippen LogP contribution is 2.26. The van der Waals surface area contributed by atoms with Crippen molar-refractivity contribution in [3.05, 3.63) is 23.1 Å². The van der Waals surface area contributed by atoms with Gasteiger partial charge in [0.1, 0.15) is 11.5 Å². The normalized spacial score (nSPS) is 12.7. The molecule has 112 valence electrons. The third-order valence-electron chi connectivity index (χ3n) is 2.42. The molecule has 0 saturated heterocycles. The van der Waals surface area contributed by atoms with Crippen molar-refractivity contribution in [2.24, 2.45) is 10.7 Å². The van der Waals surface area contributed by atoms with Crippen LogP contribution in [0, 0.1) is 0 Å². The van der Waals surface area contributed by atoms with E-state index in [4.69, 9.17) is 23.1 Å². The van der Waals surface area contributed by atoms with E-state index in [0.717, 1.165) is 12.4 Å². The van der Waals surface area contributed by atoms with Gasteiger partial charge in [-0.3, -0.25) is 4.99 Å². The van der Waals surface area contributed by atoms with E-state index in [1.54, 1.807) is 0 Å². The summed E-state index contributed by atoms with van der Waals surface area (Å²) in [6.45, 7) is -0.618. The molecule has 0 saturated carbocycles. The van der Waals surface area contributed by atoms with Gasteiger partial charge in [0.05, 0.1) is 22.7 Å². The summed E-state index contributed by atoms with van der Waals surface area (Å²) in [4.78, 5) is 14.5. The number of allylic oxidation sites excluding steroid dienone is 1. The molecule has 0 aliphatic carbocycles. The first-order chi connectivity index (χ1) is 10.0. The largest absolute Gasteiger partial charge is 0.403 e.